The minimum absolute atomic E-state index is 0.0592. The topological polar surface area (TPSA) is 136 Å². The van der Waals surface area contributed by atoms with Gasteiger partial charge in [0.05, 0.1) is 24.4 Å². The maximum absolute atomic E-state index is 8.31. The zero-order chi connectivity index (χ0) is 17.4. The van der Waals surface area contributed by atoms with E-state index in [0.717, 1.165) is 0 Å². The smallest absolute Gasteiger partial charge is 0.181 e. The van der Waals surface area contributed by atoms with E-state index in [1.54, 1.807) is 13.8 Å². The molecule has 1 saturated heterocycles. The fraction of sp³-hybridized carbons (Fsp3) is 1.00. The highest BCUT2D eigenvalue weighted by molar-refractivity contribution is 4.58. The van der Waals surface area contributed by atoms with Gasteiger partial charge in [-0.05, 0) is 27.7 Å². The number of hydrogen-bond donors (Lipinski definition) is 4. The average Bonchev–Trinajstić information content (AvgIpc) is 2.51. The lowest BCUT2D eigenvalue weighted by molar-refractivity contribution is -0.398. The summed E-state index contributed by atoms with van der Waals surface area (Å²) < 4.78 is 19.8. The van der Waals surface area contributed by atoms with Crippen LogP contribution in [0.25, 0.3) is 0 Å². The van der Waals surface area contributed by atoms with Gasteiger partial charge in [0.25, 0.3) is 0 Å². The predicted octanol–water partition coefficient (Wildman–Crippen LogP) is 0.387. The minimum atomic E-state index is -0.319. The molecule has 4 unspecified atom stereocenters. The molecule has 0 aromatic carbocycles. The van der Waals surface area contributed by atoms with Crippen molar-refractivity contribution < 1.29 is 49.5 Å². The molecule has 0 bridgehead atoms. The van der Waals surface area contributed by atoms with Gasteiger partial charge < -0.3 is 29.2 Å². The predicted molar refractivity (Wildman–Crippen MR) is 73.5 cm³/mol. The molecule has 0 aromatic heterocycles. The molecular weight excluding hydrogens is 304 g/mol. The fourth-order valence-electron chi connectivity index (χ4n) is 1.12. The largest absolute Gasteiger partial charge is 0.371 e. The lowest BCUT2D eigenvalue weighted by Crippen LogP contribution is -2.30. The van der Waals surface area contributed by atoms with Gasteiger partial charge in [0, 0.05) is 0 Å². The number of hydrogen-bond acceptors (Lipinski definition) is 10. The Hall–Kier alpha value is -0.400. The van der Waals surface area contributed by atoms with Crippen LogP contribution in [0.2, 0.25) is 0 Å². The third-order valence-electron chi connectivity index (χ3n) is 2.84. The van der Waals surface area contributed by atoms with E-state index >= 15 is 0 Å². The van der Waals surface area contributed by atoms with E-state index in [2.05, 4.69) is 9.78 Å². The lowest BCUT2D eigenvalue weighted by atomic mass is 10.2. The normalized spacial score (nSPS) is 24.5. The highest BCUT2D eigenvalue weighted by atomic mass is 17.2. The summed E-state index contributed by atoms with van der Waals surface area (Å²) in [4.78, 5) is 9.09. The number of ether oxygens (including phenoxy) is 4. The highest BCUT2D eigenvalue weighted by Gasteiger charge is 2.15. The number of rotatable bonds is 5. The Morgan fingerprint density at radius 2 is 1.18 bits per heavy atom. The van der Waals surface area contributed by atoms with Gasteiger partial charge in [0.2, 0.25) is 0 Å². The second-order valence-corrected chi connectivity index (χ2v) is 4.22. The third-order valence-corrected chi connectivity index (χ3v) is 2.84. The van der Waals surface area contributed by atoms with Gasteiger partial charge in [0.15, 0.2) is 13.6 Å². The second-order valence-electron chi connectivity index (χ2n) is 4.22. The molecule has 1 aliphatic heterocycles. The molecule has 22 heavy (non-hydrogen) atoms. The van der Waals surface area contributed by atoms with Crippen molar-refractivity contribution in [3.05, 3.63) is 0 Å². The van der Waals surface area contributed by atoms with E-state index < -0.39 is 0 Å². The molecule has 136 valence electrons. The van der Waals surface area contributed by atoms with Gasteiger partial charge in [-0.3, -0.25) is 10.5 Å². The second kappa shape index (κ2) is 17.0. The standard InChI is InChI=1S/C6H12O4.C6H14O4.H2O2/c1-5-6(2)8-4-10-9-3-7-5;1-5(9-3-7)6(2)10-4-8;1-2/h5-6H,3-4H2,1-2H3;5-8H,3-4H2,1-2H3;1-2H. The van der Waals surface area contributed by atoms with Crippen LogP contribution in [-0.2, 0) is 28.7 Å². The van der Waals surface area contributed by atoms with Crippen molar-refractivity contribution in [1.82, 2.24) is 0 Å². The van der Waals surface area contributed by atoms with Gasteiger partial charge in [-0.15, -0.1) is 0 Å². The van der Waals surface area contributed by atoms with Gasteiger partial charge in [0.1, 0.15) is 13.6 Å². The molecule has 1 fully saturated rings. The summed E-state index contributed by atoms with van der Waals surface area (Å²) in [5.41, 5.74) is 0. The molecule has 10 nitrogen and oxygen atoms in total. The maximum atomic E-state index is 8.31. The van der Waals surface area contributed by atoms with Gasteiger partial charge in [-0.2, -0.15) is 0 Å². The molecule has 1 heterocycles. The summed E-state index contributed by atoms with van der Waals surface area (Å²) in [6, 6.07) is 0. The zero-order valence-electron chi connectivity index (χ0n) is 13.4. The molecule has 4 N–H and O–H groups in total. The van der Waals surface area contributed by atoms with Crippen molar-refractivity contribution in [2.75, 3.05) is 27.2 Å². The Morgan fingerprint density at radius 3 is 1.45 bits per heavy atom. The average molecular weight is 332 g/mol. The summed E-state index contributed by atoms with van der Waals surface area (Å²) in [5, 5.41) is 28.6. The first-order chi connectivity index (χ1) is 10.5. The third kappa shape index (κ3) is 13.3. The first-order valence-electron chi connectivity index (χ1n) is 6.65. The van der Waals surface area contributed by atoms with Crippen molar-refractivity contribution in [2.45, 2.75) is 52.1 Å². The monoisotopic (exact) mass is 332 g/mol. The van der Waals surface area contributed by atoms with Crippen molar-refractivity contribution in [2.24, 2.45) is 0 Å². The SMILES string of the molecule is CC(OCO)C(C)OCO.CC1OCOOCOC1C.OO. The van der Waals surface area contributed by atoms with Crippen LogP contribution in [0.3, 0.4) is 0 Å². The Balaban J connectivity index is 0. The quantitative estimate of drug-likeness (QED) is 0.318. The van der Waals surface area contributed by atoms with Crippen LogP contribution in [0.5, 0.6) is 0 Å². The molecule has 0 aliphatic carbocycles. The van der Waals surface area contributed by atoms with Crippen molar-refractivity contribution >= 4 is 0 Å². The van der Waals surface area contributed by atoms with Gasteiger partial charge in [-0.1, -0.05) is 0 Å². The van der Waals surface area contributed by atoms with Gasteiger partial charge >= 0.3 is 0 Å². The van der Waals surface area contributed by atoms with E-state index in [1.807, 2.05) is 13.8 Å². The first-order valence-corrected chi connectivity index (χ1v) is 6.65. The van der Waals surface area contributed by atoms with E-state index in [4.69, 9.17) is 39.7 Å². The Morgan fingerprint density at radius 1 is 0.864 bits per heavy atom. The highest BCUT2D eigenvalue weighted by Crippen LogP contribution is 2.05. The molecule has 0 spiro atoms. The molecule has 0 amide bonds. The van der Waals surface area contributed by atoms with Crippen LogP contribution in [0, 0.1) is 0 Å². The molecule has 0 aromatic rings. The Bertz CT molecular complexity index is 192. The van der Waals surface area contributed by atoms with E-state index in [0.29, 0.717) is 0 Å². The summed E-state index contributed by atoms with van der Waals surface area (Å²) >= 11 is 0. The van der Waals surface area contributed by atoms with E-state index in [-0.39, 0.29) is 51.6 Å². The summed E-state index contributed by atoms with van der Waals surface area (Å²) in [6.07, 6.45) is -0.276. The van der Waals surface area contributed by atoms with Crippen LogP contribution < -0.4 is 0 Å². The van der Waals surface area contributed by atoms with Crippen LogP contribution in [0.4, 0.5) is 0 Å². The van der Waals surface area contributed by atoms with Crippen molar-refractivity contribution in [3.8, 4) is 0 Å². The van der Waals surface area contributed by atoms with E-state index in [1.165, 1.54) is 0 Å². The molecule has 0 saturated carbocycles. The molecule has 1 rings (SSSR count). The Kier molecular flexibility index (Phi) is 18.4. The van der Waals surface area contributed by atoms with Crippen LogP contribution in [0.1, 0.15) is 27.7 Å². The summed E-state index contributed by atoms with van der Waals surface area (Å²) in [5.74, 6) is 0. The minimum Gasteiger partial charge on any atom is -0.371 e. The zero-order valence-corrected chi connectivity index (χ0v) is 13.4. The first kappa shape index (κ1) is 23.9. The molecule has 1 aliphatic rings. The maximum Gasteiger partial charge on any atom is 0.181 e. The van der Waals surface area contributed by atoms with Gasteiger partial charge in [-0.25, -0.2) is 9.78 Å². The lowest BCUT2D eigenvalue weighted by Gasteiger charge is -2.22. The van der Waals surface area contributed by atoms with Crippen LogP contribution in [0.15, 0.2) is 0 Å². The van der Waals surface area contributed by atoms with Crippen molar-refractivity contribution in [1.29, 1.82) is 0 Å². The van der Waals surface area contributed by atoms with Crippen LogP contribution >= 0.6 is 0 Å². The number of aliphatic hydroxyl groups excluding tert-OH is 2. The Labute approximate surface area is 129 Å². The van der Waals surface area contributed by atoms with E-state index in [9.17, 15) is 0 Å². The molecule has 0 radical (unpaired) electrons. The molecule has 4 atom stereocenters. The molecular formula is C12H28O10. The van der Waals surface area contributed by atoms with Crippen LogP contribution in [-0.4, -0.2) is 72.3 Å². The number of aliphatic hydroxyl groups is 2. The summed E-state index contributed by atoms with van der Waals surface area (Å²) in [6.45, 7) is 7.09. The molecule has 10 heteroatoms. The summed E-state index contributed by atoms with van der Waals surface area (Å²) in [7, 11) is 0. The van der Waals surface area contributed by atoms with Crippen molar-refractivity contribution in [3.63, 3.8) is 0 Å². The fourth-order valence-corrected chi connectivity index (χ4v) is 1.12.